The minimum Gasteiger partial charge on any atom is -0.461 e. The zero-order chi connectivity index (χ0) is 21.4. The minimum atomic E-state index is -3.67. The van der Waals surface area contributed by atoms with Crippen LogP contribution in [-0.4, -0.2) is 48.4 Å². The maximum absolute atomic E-state index is 13.4. The van der Waals surface area contributed by atoms with E-state index in [9.17, 15) is 18.0 Å². The Morgan fingerprint density at radius 1 is 1.38 bits per heavy atom. The zero-order valence-electron chi connectivity index (χ0n) is 17.6. The van der Waals surface area contributed by atoms with E-state index < -0.39 is 21.4 Å². The largest absolute Gasteiger partial charge is 0.461 e. The van der Waals surface area contributed by atoms with E-state index in [0.29, 0.717) is 30.8 Å². The molecule has 3 rings (SSSR count). The molecule has 2 bridgehead atoms. The molecule has 0 radical (unpaired) electrons. The third kappa shape index (κ3) is 3.88. The highest BCUT2D eigenvalue weighted by Gasteiger charge is 2.65. The molecule has 0 aromatic carbocycles. The van der Waals surface area contributed by atoms with Crippen LogP contribution in [0.4, 0.5) is 0 Å². The highest BCUT2D eigenvalue weighted by molar-refractivity contribution is 7.89. The fourth-order valence-corrected chi connectivity index (χ4v) is 8.03. The SMILES string of the molecule is CCCN(Cc1nc(C(=O)OCC)cs1)S(=O)(=O)CC12CCC(CC1=O)C2(C)C. The van der Waals surface area contributed by atoms with Crippen LogP contribution in [0.1, 0.15) is 68.9 Å². The molecule has 1 aromatic rings. The fraction of sp³-hybridized carbons (Fsp3) is 0.750. The van der Waals surface area contributed by atoms with Crippen molar-refractivity contribution in [3.8, 4) is 0 Å². The first-order valence-electron chi connectivity index (χ1n) is 10.2. The fourth-order valence-electron chi connectivity index (χ4n) is 4.91. The highest BCUT2D eigenvalue weighted by Crippen LogP contribution is 2.64. The number of ketones is 1. The van der Waals surface area contributed by atoms with Crippen LogP contribution in [0.2, 0.25) is 0 Å². The van der Waals surface area contributed by atoms with Gasteiger partial charge in [-0.25, -0.2) is 18.2 Å². The first-order valence-corrected chi connectivity index (χ1v) is 12.7. The van der Waals surface area contributed by atoms with E-state index >= 15 is 0 Å². The third-order valence-electron chi connectivity index (χ3n) is 6.78. The Kier molecular flexibility index (Phi) is 6.23. The van der Waals surface area contributed by atoms with Gasteiger partial charge in [-0.2, -0.15) is 4.31 Å². The van der Waals surface area contributed by atoms with E-state index in [0.717, 1.165) is 6.42 Å². The van der Waals surface area contributed by atoms with Crippen molar-refractivity contribution in [1.29, 1.82) is 0 Å². The Morgan fingerprint density at radius 2 is 2.10 bits per heavy atom. The first-order chi connectivity index (χ1) is 13.6. The van der Waals surface area contributed by atoms with Gasteiger partial charge in [0.1, 0.15) is 10.8 Å². The number of aromatic nitrogens is 1. The molecule has 7 nitrogen and oxygen atoms in total. The number of fused-ring (bicyclic) bond motifs is 2. The minimum absolute atomic E-state index is 0.0950. The van der Waals surface area contributed by atoms with Gasteiger partial charge in [-0.15, -0.1) is 11.3 Å². The summed E-state index contributed by atoms with van der Waals surface area (Å²) in [5.41, 5.74) is -0.889. The summed E-state index contributed by atoms with van der Waals surface area (Å²) in [4.78, 5) is 28.9. The molecule has 2 aliphatic rings. The number of nitrogens with zero attached hydrogens (tertiary/aromatic N) is 2. The summed E-state index contributed by atoms with van der Waals surface area (Å²) in [6.45, 7) is 8.44. The van der Waals surface area contributed by atoms with Gasteiger partial charge >= 0.3 is 5.97 Å². The second-order valence-electron chi connectivity index (χ2n) is 8.60. The summed E-state index contributed by atoms with van der Waals surface area (Å²) >= 11 is 1.25. The van der Waals surface area contributed by atoms with Crippen LogP contribution in [0.25, 0.3) is 0 Å². The topological polar surface area (TPSA) is 93.6 Å². The predicted octanol–water partition coefficient (Wildman–Crippen LogP) is 3.26. The third-order valence-corrected chi connectivity index (χ3v) is 9.57. The van der Waals surface area contributed by atoms with E-state index in [1.807, 2.05) is 20.8 Å². The smallest absolute Gasteiger partial charge is 0.357 e. The Hall–Kier alpha value is -1.32. The monoisotopic (exact) mass is 442 g/mol. The van der Waals surface area contributed by atoms with Crippen LogP contribution in [0.3, 0.4) is 0 Å². The molecular formula is C20H30N2O5S2. The molecule has 29 heavy (non-hydrogen) atoms. The van der Waals surface area contributed by atoms with Crippen molar-refractivity contribution in [1.82, 2.24) is 9.29 Å². The van der Waals surface area contributed by atoms with Gasteiger partial charge in [0.25, 0.3) is 0 Å². The van der Waals surface area contributed by atoms with Crippen molar-refractivity contribution in [3.63, 3.8) is 0 Å². The summed E-state index contributed by atoms with van der Waals surface area (Å²) in [5.74, 6) is -0.277. The van der Waals surface area contributed by atoms with Gasteiger partial charge in [0.05, 0.1) is 18.9 Å². The Morgan fingerprint density at radius 3 is 2.66 bits per heavy atom. The Bertz CT molecular complexity index is 892. The number of carbonyl (C=O) groups excluding carboxylic acids is 2. The van der Waals surface area contributed by atoms with Gasteiger partial charge in [0.2, 0.25) is 10.0 Å². The average Bonchev–Trinajstić information content (AvgIpc) is 3.24. The van der Waals surface area contributed by atoms with Crippen molar-refractivity contribution in [3.05, 3.63) is 16.1 Å². The number of rotatable bonds is 9. The van der Waals surface area contributed by atoms with Crippen LogP contribution in [0.5, 0.6) is 0 Å². The molecule has 0 amide bonds. The van der Waals surface area contributed by atoms with Gasteiger partial charge in [0, 0.05) is 23.8 Å². The maximum Gasteiger partial charge on any atom is 0.357 e. The lowest BCUT2D eigenvalue weighted by atomic mass is 9.70. The number of esters is 1. The van der Waals surface area contributed by atoms with Crippen LogP contribution in [0.15, 0.2) is 5.38 Å². The standard InChI is InChI=1S/C20H30N2O5S2/c1-5-9-22(11-17-21-15(12-28-17)18(24)27-6-2)29(25,26)13-20-8-7-14(10-16(20)23)19(20,3)4/h12,14H,5-11,13H2,1-4H3. The molecule has 2 unspecified atom stereocenters. The number of ether oxygens (including phenoxy) is 1. The summed E-state index contributed by atoms with van der Waals surface area (Å²) in [7, 11) is -3.67. The molecule has 2 aliphatic carbocycles. The molecule has 0 saturated heterocycles. The van der Waals surface area contributed by atoms with Gasteiger partial charge in [0.15, 0.2) is 5.69 Å². The number of Topliss-reactive ketones (excluding diaryl/α,β-unsaturated/α-hetero) is 1. The molecule has 2 saturated carbocycles. The molecule has 162 valence electrons. The molecule has 1 aromatic heterocycles. The van der Waals surface area contributed by atoms with Gasteiger partial charge in [-0.1, -0.05) is 20.8 Å². The van der Waals surface area contributed by atoms with E-state index in [4.69, 9.17) is 4.74 Å². The highest BCUT2D eigenvalue weighted by atomic mass is 32.2. The lowest BCUT2D eigenvalue weighted by Gasteiger charge is -2.37. The quantitative estimate of drug-likeness (QED) is 0.545. The van der Waals surface area contributed by atoms with Crippen LogP contribution >= 0.6 is 11.3 Å². The summed E-state index contributed by atoms with van der Waals surface area (Å²) in [6.07, 6.45) is 2.71. The second-order valence-corrected chi connectivity index (χ2v) is 11.5. The van der Waals surface area contributed by atoms with E-state index in [1.165, 1.54) is 15.6 Å². The summed E-state index contributed by atoms with van der Waals surface area (Å²) < 4.78 is 33.2. The van der Waals surface area contributed by atoms with Crippen molar-refractivity contribution in [2.24, 2.45) is 16.7 Å². The molecule has 1 heterocycles. The molecule has 2 fully saturated rings. The van der Waals surface area contributed by atoms with Crippen molar-refractivity contribution < 1.29 is 22.7 Å². The second kappa shape index (κ2) is 8.07. The maximum atomic E-state index is 13.4. The van der Waals surface area contributed by atoms with Gasteiger partial charge in [-0.05, 0) is 37.5 Å². The number of carbonyl (C=O) groups is 2. The zero-order valence-corrected chi connectivity index (χ0v) is 19.2. The van der Waals surface area contributed by atoms with Crippen LogP contribution in [0, 0.1) is 16.7 Å². The van der Waals surface area contributed by atoms with Crippen molar-refractivity contribution in [2.45, 2.75) is 59.9 Å². The van der Waals surface area contributed by atoms with E-state index in [2.05, 4.69) is 4.98 Å². The van der Waals surface area contributed by atoms with Crippen molar-refractivity contribution in [2.75, 3.05) is 18.9 Å². The normalized spacial score (nSPS) is 25.7. The number of thiazole rings is 1. The lowest BCUT2D eigenvalue weighted by molar-refractivity contribution is -0.128. The molecule has 2 atom stereocenters. The van der Waals surface area contributed by atoms with Gasteiger partial charge in [-0.3, -0.25) is 4.79 Å². The molecule has 0 aliphatic heterocycles. The lowest BCUT2D eigenvalue weighted by Crippen LogP contribution is -2.46. The van der Waals surface area contributed by atoms with Crippen LogP contribution < -0.4 is 0 Å². The Balaban J connectivity index is 1.81. The summed E-state index contributed by atoms with van der Waals surface area (Å²) in [6, 6.07) is 0. The molecule has 0 N–H and O–H groups in total. The van der Waals surface area contributed by atoms with Gasteiger partial charge < -0.3 is 4.74 Å². The summed E-state index contributed by atoms with van der Waals surface area (Å²) in [5, 5.41) is 2.14. The average molecular weight is 443 g/mol. The first kappa shape index (κ1) is 22.4. The number of sulfonamides is 1. The van der Waals surface area contributed by atoms with Crippen molar-refractivity contribution >= 4 is 33.1 Å². The number of hydrogen-bond donors (Lipinski definition) is 0. The van der Waals surface area contributed by atoms with E-state index in [1.54, 1.807) is 12.3 Å². The molecule has 9 heteroatoms. The van der Waals surface area contributed by atoms with Crippen LogP contribution in [-0.2, 0) is 26.1 Å². The predicted molar refractivity (Wildman–Crippen MR) is 111 cm³/mol. The molecular weight excluding hydrogens is 412 g/mol. The number of hydrogen-bond acceptors (Lipinski definition) is 7. The Labute approximate surface area is 176 Å². The van der Waals surface area contributed by atoms with E-state index in [-0.39, 0.29) is 41.7 Å². The molecule has 0 spiro atoms.